The fourth-order valence-corrected chi connectivity index (χ4v) is 6.80. The van der Waals surface area contributed by atoms with E-state index in [1.807, 2.05) is 13.8 Å². The first-order valence-corrected chi connectivity index (χ1v) is 16.0. The molecule has 4 rings (SSSR count). The molecule has 2 aliphatic carbocycles. The lowest BCUT2D eigenvalue weighted by Gasteiger charge is -2.23. The fraction of sp³-hybridized carbons (Fsp3) is 0.467. The molecule has 2 aliphatic rings. The zero-order valence-electron chi connectivity index (χ0n) is 23.8. The van der Waals surface area contributed by atoms with Crippen molar-refractivity contribution in [3.05, 3.63) is 53.4 Å². The highest BCUT2D eigenvalue weighted by atomic mass is 35.5. The van der Waals surface area contributed by atoms with E-state index >= 15 is 0 Å². The van der Waals surface area contributed by atoms with E-state index in [4.69, 9.17) is 88.6 Å². The highest BCUT2D eigenvalue weighted by molar-refractivity contribution is 6.47. The van der Waals surface area contributed by atoms with Crippen molar-refractivity contribution < 1.29 is 38.1 Å². The molecular weight excluding hydrogens is 701 g/mol. The minimum atomic E-state index is -1.64. The van der Waals surface area contributed by atoms with Crippen molar-refractivity contribution in [2.45, 2.75) is 65.2 Å². The Hall–Kier alpha value is -1.94. The predicted molar refractivity (Wildman–Crippen MR) is 168 cm³/mol. The molecule has 8 nitrogen and oxygen atoms in total. The number of hydrogen-bond acceptors (Lipinski definition) is 8. The molecule has 2 fully saturated rings. The molecule has 44 heavy (non-hydrogen) atoms. The summed E-state index contributed by atoms with van der Waals surface area (Å²) in [5.74, 6) is -6.35. The summed E-state index contributed by atoms with van der Waals surface area (Å²) in [5, 5.41) is -1.45. The second kappa shape index (κ2) is 14.2. The molecule has 2 aromatic rings. The molecule has 0 bridgehead atoms. The molecule has 2 saturated carbocycles. The van der Waals surface area contributed by atoms with Crippen molar-refractivity contribution in [2.75, 3.05) is 13.2 Å². The van der Waals surface area contributed by atoms with Crippen LogP contribution in [0.2, 0.25) is 30.1 Å². The third-order valence-corrected chi connectivity index (χ3v) is 10.1. The van der Waals surface area contributed by atoms with Gasteiger partial charge in [-0.25, -0.2) is 19.2 Å². The Bertz CT molecular complexity index is 1380. The Morgan fingerprint density at radius 2 is 0.909 bits per heavy atom. The van der Waals surface area contributed by atoms with Crippen molar-refractivity contribution in [1.29, 1.82) is 0 Å². The molecule has 238 valence electrons. The Morgan fingerprint density at radius 3 is 1.23 bits per heavy atom. The van der Waals surface area contributed by atoms with E-state index < -0.39 is 46.5 Å². The Kier molecular flexibility index (Phi) is 11.3. The van der Waals surface area contributed by atoms with Crippen LogP contribution in [0.1, 0.15) is 85.9 Å². The molecule has 0 amide bonds. The van der Waals surface area contributed by atoms with Crippen molar-refractivity contribution in [2.24, 2.45) is 10.8 Å². The lowest BCUT2D eigenvalue weighted by atomic mass is 9.90. The monoisotopic (exact) mass is 726 g/mol. The molecule has 0 heterocycles. The number of rotatable bonds is 8. The van der Waals surface area contributed by atoms with Crippen molar-refractivity contribution in [3.8, 4) is 11.5 Å². The van der Waals surface area contributed by atoms with E-state index in [9.17, 15) is 19.2 Å². The largest absolute Gasteiger partial charge is 0.461 e. The van der Waals surface area contributed by atoms with Gasteiger partial charge in [-0.15, -0.1) is 0 Å². The lowest BCUT2D eigenvalue weighted by molar-refractivity contribution is -0.156. The first-order valence-electron chi connectivity index (χ1n) is 13.8. The summed E-state index contributed by atoms with van der Waals surface area (Å²) in [4.78, 5) is 52.1. The van der Waals surface area contributed by atoms with Gasteiger partial charge in [-0.2, -0.15) is 0 Å². The molecule has 0 atom stereocenters. The molecule has 0 aromatic heterocycles. The number of benzene rings is 2. The first-order chi connectivity index (χ1) is 20.6. The maximum absolute atomic E-state index is 13.1. The van der Waals surface area contributed by atoms with Gasteiger partial charge in [-0.05, 0) is 37.8 Å². The van der Waals surface area contributed by atoms with Crippen LogP contribution in [0, 0.1) is 10.8 Å². The van der Waals surface area contributed by atoms with Gasteiger partial charge >= 0.3 is 23.9 Å². The van der Waals surface area contributed by atoms with Crippen LogP contribution >= 0.6 is 69.6 Å². The second-order valence-electron chi connectivity index (χ2n) is 11.7. The minimum absolute atomic E-state index is 0.0789. The molecule has 0 saturated heterocycles. The normalized spacial score (nSPS) is 16.8. The summed E-state index contributed by atoms with van der Waals surface area (Å²) in [7, 11) is 0. The minimum Gasteiger partial charge on any atom is -0.461 e. The predicted octanol–water partition coefficient (Wildman–Crippen LogP) is 9.59. The highest BCUT2D eigenvalue weighted by Crippen LogP contribution is 2.43. The number of ether oxygens (including phenoxy) is 4. The van der Waals surface area contributed by atoms with Gasteiger partial charge in [0.2, 0.25) is 0 Å². The SMILES string of the molecule is CC1(COC(=O)c2c(Cl)c(Cl)cc(Cl)c2OC(=O)C(=O)Oc2c(Cl)cc(Cl)c(Cl)c2C(=O)OCC2(C)CCCC2)CCCC1. The maximum Gasteiger partial charge on any atom is 0.423 e. The van der Waals surface area contributed by atoms with Gasteiger partial charge in [-0.1, -0.05) is 109 Å². The summed E-state index contributed by atoms with van der Waals surface area (Å²) in [6, 6.07) is 2.26. The highest BCUT2D eigenvalue weighted by Gasteiger charge is 2.35. The van der Waals surface area contributed by atoms with Gasteiger partial charge < -0.3 is 18.9 Å². The van der Waals surface area contributed by atoms with E-state index in [0.29, 0.717) is 0 Å². The van der Waals surface area contributed by atoms with Crippen LogP contribution in [-0.2, 0) is 19.1 Å². The molecule has 2 aromatic carbocycles. The van der Waals surface area contributed by atoms with E-state index in [1.54, 1.807) is 0 Å². The summed E-state index contributed by atoms with van der Waals surface area (Å²) in [6.45, 7) is 4.14. The first kappa shape index (κ1) is 34.9. The van der Waals surface area contributed by atoms with Crippen LogP contribution in [0.4, 0.5) is 0 Å². The average molecular weight is 729 g/mol. The Balaban J connectivity index is 1.56. The molecule has 14 heteroatoms. The van der Waals surface area contributed by atoms with Gasteiger partial charge in [0, 0.05) is 10.8 Å². The zero-order valence-corrected chi connectivity index (χ0v) is 28.3. The van der Waals surface area contributed by atoms with Crippen molar-refractivity contribution >= 4 is 93.5 Å². The van der Waals surface area contributed by atoms with E-state index in [0.717, 1.165) is 63.5 Å². The van der Waals surface area contributed by atoms with Crippen LogP contribution in [-0.4, -0.2) is 37.1 Å². The van der Waals surface area contributed by atoms with E-state index in [-0.39, 0.29) is 54.2 Å². The lowest BCUT2D eigenvalue weighted by Crippen LogP contribution is -2.28. The van der Waals surface area contributed by atoms with Gasteiger partial charge in [0.15, 0.2) is 11.5 Å². The Morgan fingerprint density at radius 1 is 0.591 bits per heavy atom. The number of esters is 4. The average Bonchev–Trinajstić information content (AvgIpc) is 3.61. The van der Waals surface area contributed by atoms with Crippen molar-refractivity contribution in [3.63, 3.8) is 0 Å². The van der Waals surface area contributed by atoms with E-state index in [2.05, 4.69) is 0 Å². The third-order valence-electron chi connectivity index (χ3n) is 7.94. The van der Waals surface area contributed by atoms with Crippen LogP contribution < -0.4 is 9.47 Å². The molecular formula is C30H28Cl6O8. The second-order valence-corrected chi connectivity index (χ2v) is 14.1. The van der Waals surface area contributed by atoms with Crippen molar-refractivity contribution in [1.82, 2.24) is 0 Å². The van der Waals surface area contributed by atoms with Crippen LogP contribution in [0.3, 0.4) is 0 Å². The standard InChI is InChI=1S/C30H28Cl6O8/c1-29(7-3-4-8-29)13-41-25(37)19-21(35)15(31)11-17(33)23(19)43-27(39)28(40)44-24-18(34)12-16(32)22(36)20(24)26(38)42-14-30(2)9-5-6-10-30/h11-12H,3-10,13-14H2,1-2H3. The topological polar surface area (TPSA) is 105 Å². The number of carbonyl (C=O) groups is 4. The molecule has 0 unspecified atom stereocenters. The van der Waals surface area contributed by atoms with Crippen LogP contribution in [0.15, 0.2) is 12.1 Å². The molecule has 0 spiro atoms. The van der Waals surface area contributed by atoms with Gasteiger partial charge in [-0.3, -0.25) is 0 Å². The maximum atomic E-state index is 13.1. The molecule has 0 aliphatic heterocycles. The summed E-state index contributed by atoms with van der Waals surface area (Å²) in [6.07, 6.45) is 7.48. The molecule has 0 radical (unpaired) electrons. The number of carbonyl (C=O) groups excluding carboxylic acids is 4. The number of hydrogen-bond donors (Lipinski definition) is 0. The van der Waals surface area contributed by atoms with E-state index in [1.165, 1.54) is 0 Å². The van der Waals surface area contributed by atoms with Crippen LogP contribution in [0.5, 0.6) is 11.5 Å². The summed E-state index contributed by atoms with van der Waals surface area (Å²) < 4.78 is 21.3. The van der Waals surface area contributed by atoms with Gasteiger partial charge in [0.25, 0.3) is 0 Å². The zero-order chi connectivity index (χ0) is 32.4. The van der Waals surface area contributed by atoms with Gasteiger partial charge in [0.1, 0.15) is 11.1 Å². The quantitative estimate of drug-likeness (QED) is 0.115. The van der Waals surface area contributed by atoms with Crippen LogP contribution in [0.25, 0.3) is 0 Å². The smallest absolute Gasteiger partial charge is 0.423 e. The van der Waals surface area contributed by atoms with Gasteiger partial charge in [0.05, 0.1) is 43.3 Å². The summed E-state index contributed by atoms with van der Waals surface area (Å²) >= 11 is 37.3. The number of halogens is 6. The Labute approximate surface area is 284 Å². The fourth-order valence-electron chi connectivity index (χ4n) is 5.36. The molecule has 0 N–H and O–H groups in total. The third kappa shape index (κ3) is 7.88. The summed E-state index contributed by atoms with van der Waals surface area (Å²) in [5.41, 5.74) is -1.36.